The van der Waals surface area contributed by atoms with Gasteiger partial charge in [-0.25, -0.2) is 4.39 Å². The molecule has 0 bridgehead atoms. The average molecular weight is 383 g/mol. The Hall–Kier alpha value is -1.43. The number of rotatable bonds is 4. The maximum atomic E-state index is 12.8. The number of carbonyl (C=O) groups is 1. The first-order chi connectivity index (χ1) is 9.56. The molecule has 0 aliphatic heterocycles. The molecule has 2 aromatic rings. The summed E-state index contributed by atoms with van der Waals surface area (Å²) in [7, 11) is 0. The molecule has 0 aromatic heterocycles. The van der Waals surface area contributed by atoms with Crippen molar-refractivity contribution in [3.8, 4) is 0 Å². The van der Waals surface area contributed by atoms with Gasteiger partial charge in [0.15, 0.2) is 0 Å². The van der Waals surface area contributed by atoms with E-state index >= 15 is 0 Å². The van der Waals surface area contributed by atoms with Crippen LogP contribution in [0.3, 0.4) is 0 Å². The molecule has 0 saturated heterocycles. The van der Waals surface area contributed by atoms with Gasteiger partial charge in [-0.2, -0.15) is 0 Å². The molecule has 1 unspecified atom stereocenters. The normalized spacial score (nSPS) is 11.9. The first-order valence-electron chi connectivity index (χ1n) is 6.35. The molecule has 0 aliphatic rings. The molecule has 1 N–H and O–H groups in total. The molecule has 1 atom stereocenters. The van der Waals surface area contributed by atoms with E-state index in [0.29, 0.717) is 12.1 Å². The molecule has 1 amide bonds. The van der Waals surface area contributed by atoms with Gasteiger partial charge in [-0.3, -0.25) is 4.79 Å². The summed E-state index contributed by atoms with van der Waals surface area (Å²) in [6.07, 6.45) is 0. The van der Waals surface area contributed by atoms with Gasteiger partial charge >= 0.3 is 0 Å². The SMILES string of the molecule is CC(CNC(=O)c1ccc(I)cc1)c1ccc(F)cc1. The van der Waals surface area contributed by atoms with E-state index in [9.17, 15) is 9.18 Å². The largest absolute Gasteiger partial charge is 0.351 e. The highest BCUT2D eigenvalue weighted by Crippen LogP contribution is 2.15. The summed E-state index contributed by atoms with van der Waals surface area (Å²) in [5.74, 6) is -0.192. The summed E-state index contributed by atoms with van der Waals surface area (Å²) in [5.41, 5.74) is 1.66. The summed E-state index contributed by atoms with van der Waals surface area (Å²) in [4.78, 5) is 12.0. The monoisotopic (exact) mass is 383 g/mol. The zero-order valence-electron chi connectivity index (χ0n) is 11.1. The van der Waals surface area contributed by atoms with Crippen molar-refractivity contribution < 1.29 is 9.18 Å². The highest BCUT2D eigenvalue weighted by atomic mass is 127. The van der Waals surface area contributed by atoms with Gasteiger partial charge in [0.05, 0.1) is 0 Å². The summed E-state index contributed by atoms with van der Waals surface area (Å²) >= 11 is 2.20. The van der Waals surface area contributed by atoms with Crippen LogP contribution in [0.5, 0.6) is 0 Å². The number of carbonyl (C=O) groups excluding carboxylic acids is 1. The molecule has 0 radical (unpaired) electrons. The van der Waals surface area contributed by atoms with Crippen molar-refractivity contribution in [3.63, 3.8) is 0 Å². The van der Waals surface area contributed by atoms with E-state index in [0.717, 1.165) is 9.13 Å². The van der Waals surface area contributed by atoms with Crippen LogP contribution in [0, 0.1) is 9.39 Å². The lowest BCUT2D eigenvalue weighted by Gasteiger charge is -2.13. The maximum absolute atomic E-state index is 12.8. The molecule has 0 heterocycles. The van der Waals surface area contributed by atoms with Gasteiger partial charge in [-0.1, -0.05) is 19.1 Å². The second-order valence-corrected chi connectivity index (χ2v) is 5.92. The maximum Gasteiger partial charge on any atom is 0.251 e. The van der Waals surface area contributed by atoms with Gasteiger partial charge in [0, 0.05) is 15.7 Å². The first-order valence-corrected chi connectivity index (χ1v) is 7.43. The van der Waals surface area contributed by atoms with E-state index in [1.54, 1.807) is 24.3 Å². The minimum Gasteiger partial charge on any atom is -0.351 e. The Morgan fingerprint density at radius 1 is 1.15 bits per heavy atom. The fraction of sp³-hybridized carbons (Fsp3) is 0.188. The van der Waals surface area contributed by atoms with Crippen LogP contribution in [0.1, 0.15) is 28.8 Å². The Balaban J connectivity index is 1.92. The van der Waals surface area contributed by atoms with Crippen molar-refractivity contribution in [2.45, 2.75) is 12.8 Å². The molecular weight excluding hydrogens is 368 g/mol. The zero-order valence-corrected chi connectivity index (χ0v) is 13.2. The molecule has 2 nitrogen and oxygen atoms in total. The first kappa shape index (κ1) is 15.0. The van der Waals surface area contributed by atoms with Crippen molar-refractivity contribution in [1.82, 2.24) is 5.32 Å². The topological polar surface area (TPSA) is 29.1 Å². The molecule has 0 saturated carbocycles. The zero-order chi connectivity index (χ0) is 14.5. The molecule has 2 rings (SSSR count). The number of hydrogen-bond donors (Lipinski definition) is 1. The van der Waals surface area contributed by atoms with E-state index in [2.05, 4.69) is 27.9 Å². The lowest BCUT2D eigenvalue weighted by atomic mass is 10.0. The Morgan fingerprint density at radius 2 is 1.75 bits per heavy atom. The Kier molecular flexibility index (Phi) is 5.11. The van der Waals surface area contributed by atoms with Gasteiger partial charge < -0.3 is 5.32 Å². The Morgan fingerprint density at radius 3 is 2.35 bits per heavy atom. The fourth-order valence-corrected chi connectivity index (χ4v) is 2.22. The minimum absolute atomic E-state index is 0.0876. The highest BCUT2D eigenvalue weighted by molar-refractivity contribution is 14.1. The summed E-state index contributed by atoms with van der Waals surface area (Å²) in [5, 5.41) is 2.90. The molecule has 104 valence electrons. The van der Waals surface area contributed by atoms with E-state index < -0.39 is 0 Å². The molecule has 0 spiro atoms. The van der Waals surface area contributed by atoms with Crippen LogP contribution < -0.4 is 5.32 Å². The van der Waals surface area contributed by atoms with Crippen molar-refractivity contribution in [2.24, 2.45) is 0 Å². The van der Waals surface area contributed by atoms with Crippen LogP contribution in [-0.4, -0.2) is 12.5 Å². The third kappa shape index (κ3) is 4.03. The standard InChI is InChI=1S/C16H15FINO/c1-11(12-2-6-14(17)7-3-12)10-19-16(20)13-4-8-15(18)9-5-13/h2-9,11H,10H2,1H3,(H,19,20). The number of amides is 1. The number of halogens is 2. The van der Waals surface area contributed by atoms with Crippen LogP contribution >= 0.6 is 22.6 Å². The van der Waals surface area contributed by atoms with E-state index in [4.69, 9.17) is 0 Å². The van der Waals surface area contributed by atoms with E-state index in [-0.39, 0.29) is 17.6 Å². The van der Waals surface area contributed by atoms with Crippen LogP contribution in [0.2, 0.25) is 0 Å². The summed E-state index contributed by atoms with van der Waals surface area (Å²) in [6.45, 7) is 2.53. The number of nitrogens with one attached hydrogen (secondary N) is 1. The predicted molar refractivity (Wildman–Crippen MR) is 86.3 cm³/mol. The third-order valence-corrected chi connectivity index (χ3v) is 3.83. The van der Waals surface area contributed by atoms with E-state index in [1.165, 1.54) is 12.1 Å². The number of benzene rings is 2. The second kappa shape index (κ2) is 6.83. The van der Waals surface area contributed by atoms with Crippen LogP contribution in [-0.2, 0) is 0 Å². The van der Waals surface area contributed by atoms with Gasteiger partial charge in [0.25, 0.3) is 5.91 Å². The third-order valence-electron chi connectivity index (χ3n) is 3.11. The molecule has 4 heteroatoms. The van der Waals surface area contributed by atoms with Crippen LogP contribution in [0.15, 0.2) is 48.5 Å². The lowest BCUT2D eigenvalue weighted by molar-refractivity contribution is 0.0951. The van der Waals surface area contributed by atoms with Crippen molar-refractivity contribution in [3.05, 3.63) is 69.0 Å². The quantitative estimate of drug-likeness (QED) is 0.796. The lowest BCUT2D eigenvalue weighted by Crippen LogP contribution is -2.27. The van der Waals surface area contributed by atoms with E-state index in [1.807, 2.05) is 19.1 Å². The number of hydrogen-bond acceptors (Lipinski definition) is 1. The molecule has 20 heavy (non-hydrogen) atoms. The molecule has 0 aliphatic carbocycles. The van der Waals surface area contributed by atoms with Crippen molar-refractivity contribution in [2.75, 3.05) is 6.54 Å². The van der Waals surface area contributed by atoms with Gasteiger partial charge in [0.2, 0.25) is 0 Å². The second-order valence-electron chi connectivity index (χ2n) is 4.67. The molecule has 0 fully saturated rings. The van der Waals surface area contributed by atoms with Crippen LogP contribution in [0.25, 0.3) is 0 Å². The predicted octanol–water partition coefficient (Wildman–Crippen LogP) is 3.96. The van der Waals surface area contributed by atoms with Gasteiger partial charge in [-0.05, 0) is 70.5 Å². The highest BCUT2D eigenvalue weighted by Gasteiger charge is 2.09. The molecule has 2 aromatic carbocycles. The van der Waals surface area contributed by atoms with Gasteiger partial charge in [-0.15, -0.1) is 0 Å². The summed E-state index contributed by atoms with van der Waals surface area (Å²) < 4.78 is 13.9. The summed E-state index contributed by atoms with van der Waals surface area (Å²) in [6, 6.07) is 13.8. The van der Waals surface area contributed by atoms with Gasteiger partial charge in [0.1, 0.15) is 5.82 Å². The molecular formula is C16H15FINO. The van der Waals surface area contributed by atoms with Crippen molar-refractivity contribution >= 4 is 28.5 Å². The van der Waals surface area contributed by atoms with Crippen LogP contribution in [0.4, 0.5) is 4.39 Å². The average Bonchev–Trinajstić information content (AvgIpc) is 2.46. The smallest absolute Gasteiger partial charge is 0.251 e. The minimum atomic E-state index is -0.246. The fourth-order valence-electron chi connectivity index (χ4n) is 1.86. The Bertz CT molecular complexity index is 580. The Labute approximate surface area is 131 Å². The van der Waals surface area contributed by atoms with Crippen molar-refractivity contribution in [1.29, 1.82) is 0 Å².